The molecule has 1 aromatic rings. The van der Waals surface area contributed by atoms with Crippen molar-refractivity contribution >= 4 is 11.6 Å². The number of carbonyl (C=O) groups is 1. The molecule has 0 aromatic heterocycles. The second-order valence-corrected chi connectivity index (χ2v) is 2.92. The summed E-state index contributed by atoms with van der Waals surface area (Å²) in [6, 6.07) is 6.81. The third kappa shape index (κ3) is 2.55. The van der Waals surface area contributed by atoms with Crippen LogP contribution >= 0.6 is 0 Å². The summed E-state index contributed by atoms with van der Waals surface area (Å²) in [5.74, 6) is -0.502. The highest BCUT2D eigenvalue weighted by molar-refractivity contribution is 5.97. The first-order valence-corrected chi connectivity index (χ1v) is 4.09. The van der Waals surface area contributed by atoms with Gasteiger partial charge >= 0.3 is 0 Å². The van der Waals surface area contributed by atoms with Crippen molar-refractivity contribution in [2.24, 2.45) is 16.1 Å². The van der Waals surface area contributed by atoms with E-state index < -0.39 is 5.91 Å². The molecule has 14 heavy (non-hydrogen) atoms. The van der Waals surface area contributed by atoms with Gasteiger partial charge in [-0.1, -0.05) is 17.4 Å². The number of rotatable bonds is 3. The van der Waals surface area contributed by atoms with Crippen molar-refractivity contribution in [3.63, 3.8) is 0 Å². The van der Waals surface area contributed by atoms with Crippen LogP contribution in [-0.4, -0.2) is 25.0 Å². The molecule has 0 atom stereocenters. The Labute approximate surface area is 82.2 Å². The largest absolute Gasteiger partial charge is 0.366 e. The van der Waals surface area contributed by atoms with E-state index in [1.807, 2.05) is 0 Å². The molecule has 5 heteroatoms. The second kappa shape index (κ2) is 4.36. The van der Waals surface area contributed by atoms with Crippen LogP contribution in [0.3, 0.4) is 0 Å². The van der Waals surface area contributed by atoms with Crippen molar-refractivity contribution in [1.82, 2.24) is 5.01 Å². The molecule has 0 spiro atoms. The van der Waals surface area contributed by atoms with Gasteiger partial charge in [0.25, 0.3) is 5.91 Å². The molecule has 0 saturated heterocycles. The fraction of sp³-hybridized carbons (Fsp3) is 0.222. The Balaban J connectivity index is 3.02. The van der Waals surface area contributed by atoms with E-state index in [1.54, 1.807) is 38.4 Å². The summed E-state index contributed by atoms with van der Waals surface area (Å²) >= 11 is 0. The lowest BCUT2D eigenvalue weighted by Gasteiger charge is -2.02. The Hall–Kier alpha value is -1.91. The van der Waals surface area contributed by atoms with Crippen molar-refractivity contribution in [3.05, 3.63) is 29.8 Å². The van der Waals surface area contributed by atoms with Crippen LogP contribution in [-0.2, 0) is 0 Å². The van der Waals surface area contributed by atoms with E-state index in [9.17, 15) is 4.79 Å². The summed E-state index contributed by atoms with van der Waals surface area (Å²) in [4.78, 5) is 11.0. The van der Waals surface area contributed by atoms with Gasteiger partial charge in [-0.25, -0.2) is 0 Å². The quantitative estimate of drug-likeness (QED) is 0.580. The zero-order valence-electron chi connectivity index (χ0n) is 8.14. The lowest BCUT2D eigenvalue weighted by atomic mass is 10.2. The van der Waals surface area contributed by atoms with Gasteiger partial charge in [0.1, 0.15) is 5.69 Å². The predicted octanol–water partition coefficient (Wildman–Crippen LogP) is 1.35. The van der Waals surface area contributed by atoms with E-state index in [1.165, 1.54) is 5.01 Å². The third-order valence-corrected chi connectivity index (χ3v) is 1.50. The van der Waals surface area contributed by atoms with Crippen molar-refractivity contribution in [2.75, 3.05) is 14.1 Å². The van der Waals surface area contributed by atoms with Crippen LogP contribution in [0, 0.1) is 0 Å². The molecule has 1 aromatic carbocycles. The average molecular weight is 192 g/mol. The second-order valence-electron chi connectivity index (χ2n) is 2.92. The number of amides is 1. The van der Waals surface area contributed by atoms with E-state index >= 15 is 0 Å². The van der Waals surface area contributed by atoms with Crippen LogP contribution in [0.15, 0.2) is 34.6 Å². The molecule has 1 amide bonds. The molecule has 74 valence electrons. The molecule has 0 saturated carbocycles. The number of hydrogen-bond donors (Lipinski definition) is 1. The highest BCUT2D eigenvalue weighted by Crippen LogP contribution is 2.18. The van der Waals surface area contributed by atoms with Crippen LogP contribution in [0.4, 0.5) is 5.69 Å². The van der Waals surface area contributed by atoms with E-state index in [2.05, 4.69) is 10.3 Å². The SMILES string of the molecule is CN(C)/N=N/c1ccccc1C(N)=O. The zero-order valence-corrected chi connectivity index (χ0v) is 8.14. The minimum atomic E-state index is -0.502. The molecule has 0 fully saturated rings. The molecule has 0 heterocycles. The van der Waals surface area contributed by atoms with Gasteiger partial charge in [0.15, 0.2) is 0 Å². The van der Waals surface area contributed by atoms with Gasteiger partial charge in [-0.2, -0.15) is 0 Å². The van der Waals surface area contributed by atoms with Gasteiger partial charge in [-0.3, -0.25) is 9.80 Å². The summed E-state index contributed by atoms with van der Waals surface area (Å²) in [5.41, 5.74) is 6.02. The van der Waals surface area contributed by atoms with Gasteiger partial charge < -0.3 is 5.73 Å². The Morgan fingerprint density at radius 3 is 2.57 bits per heavy atom. The third-order valence-electron chi connectivity index (χ3n) is 1.50. The molecule has 5 nitrogen and oxygen atoms in total. The highest BCUT2D eigenvalue weighted by Gasteiger charge is 2.05. The maximum absolute atomic E-state index is 11.0. The molecule has 0 radical (unpaired) electrons. The van der Waals surface area contributed by atoms with Crippen molar-refractivity contribution in [1.29, 1.82) is 0 Å². The summed E-state index contributed by atoms with van der Waals surface area (Å²) in [6.07, 6.45) is 0. The first-order chi connectivity index (χ1) is 6.61. The number of primary amides is 1. The fourth-order valence-electron chi connectivity index (χ4n) is 0.907. The monoisotopic (exact) mass is 192 g/mol. The summed E-state index contributed by atoms with van der Waals surface area (Å²) in [6.45, 7) is 0. The van der Waals surface area contributed by atoms with Crippen LogP contribution < -0.4 is 5.73 Å². The standard InChI is InChI=1S/C9H12N4O/c1-13(2)12-11-8-6-4-3-5-7(8)9(10)14/h3-6H,1-2H3,(H2,10,14)/b12-11+. The fourth-order valence-corrected chi connectivity index (χ4v) is 0.907. The Bertz CT molecular complexity index is 360. The van der Waals surface area contributed by atoms with E-state index in [0.29, 0.717) is 11.3 Å². The van der Waals surface area contributed by atoms with Crippen molar-refractivity contribution in [3.8, 4) is 0 Å². The maximum atomic E-state index is 11.0. The Kier molecular flexibility index (Phi) is 3.17. The topological polar surface area (TPSA) is 71.1 Å². The van der Waals surface area contributed by atoms with Gasteiger partial charge in [0.05, 0.1) is 5.56 Å². The smallest absolute Gasteiger partial charge is 0.250 e. The van der Waals surface area contributed by atoms with Crippen LogP contribution in [0.25, 0.3) is 0 Å². The van der Waals surface area contributed by atoms with E-state index in [-0.39, 0.29) is 0 Å². The minimum absolute atomic E-state index is 0.373. The van der Waals surface area contributed by atoms with Gasteiger partial charge in [0, 0.05) is 14.1 Å². The number of carbonyl (C=O) groups excluding carboxylic acids is 1. The van der Waals surface area contributed by atoms with Gasteiger partial charge in [-0.05, 0) is 12.1 Å². The first-order valence-electron chi connectivity index (χ1n) is 4.09. The lowest BCUT2D eigenvalue weighted by Crippen LogP contribution is -2.10. The predicted molar refractivity (Wildman–Crippen MR) is 53.2 cm³/mol. The summed E-state index contributed by atoms with van der Waals surface area (Å²) in [7, 11) is 3.49. The van der Waals surface area contributed by atoms with Crippen molar-refractivity contribution in [2.45, 2.75) is 0 Å². The molecule has 1 rings (SSSR count). The normalized spacial score (nSPS) is 10.4. The Morgan fingerprint density at radius 1 is 1.36 bits per heavy atom. The maximum Gasteiger partial charge on any atom is 0.250 e. The minimum Gasteiger partial charge on any atom is -0.366 e. The molecule has 0 aliphatic carbocycles. The molecule has 0 aliphatic heterocycles. The molecular formula is C9H12N4O. The number of nitrogens with two attached hydrogens (primary N) is 1. The van der Waals surface area contributed by atoms with Gasteiger partial charge in [0.2, 0.25) is 0 Å². The summed E-state index contributed by atoms with van der Waals surface area (Å²) in [5, 5.41) is 9.20. The summed E-state index contributed by atoms with van der Waals surface area (Å²) < 4.78 is 0. The van der Waals surface area contributed by atoms with Crippen LogP contribution in [0.1, 0.15) is 10.4 Å². The molecular weight excluding hydrogens is 180 g/mol. The van der Waals surface area contributed by atoms with E-state index in [0.717, 1.165) is 0 Å². The van der Waals surface area contributed by atoms with Crippen LogP contribution in [0.5, 0.6) is 0 Å². The molecule has 0 bridgehead atoms. The van der Waals surface area contributed by atoms with E-state index in [4.69, 9.17) is 5.73 Å². The zero-order chi connectivity index (χ0) is 10.6. The van der Waals surface area contributed by atoms with Gasteiger partial charge in [-0.15, -0.1) is 5.11 Å². The average Bonchev–Trinajstić information content (AvgIpc) is 2.15. The molecule has 2 N–H and O–H groups in total. The highest BCUT2D eigenvalue weighted by atomic mass is 16.1. The number of benzene rings is 1. The number of nitrogens with zero attached hydrogens (tertiary/aromatic N) is 3. The first kappa shape index (κ1) is 10.2. The van der Waals surface area contributed by atoms with Crippen LogP contribution in [0.2, 0.25) is 0 Å². The Morgan fingerprint density at radius 2 is 2.00 bits per heavy atom. The lowest BCUT2D eigenvalue weighted by molar-refractivity contribution is 0.100. The number of hydrogen-bond acceptors (Lipinski definition) is 3. The van der Waals surface area contributed by atoms with Crippen molar-refractivity contribution < 1.29 is 4.79 Å². The molecule has 0 unspecified atom stereocenters. The molecule has 0 aliphatic rings.